The quantitative estimate of drug-likeness (QED) is 0.354. The van der Waals surface area contributed by atoms with Gasteiger partial charge < -0.3 is 14.8 Å². The molecule has 0 saturated carbocycles. The second kappa shape index (κ2) is 8.26. The third kappa shape index (κ3) is 4.45. The van der Waals surface area contributed by atoms with E-state index < -0.39 is 28.6 Å². The van der Waals surface area contributed by atoms with E-state index in [2.05, 4.69) is 15.0 Å². The van der Waals surface area contributed by atoms with E-state index in [0.717, 1.165) is 13.2 Å². The van der Waals surface area contributed by atoms with Crippen LogP contribution in [0.2, 0.25) is 5.15 Å². The molecule has 2 rings (SSSR count). The van der Waals surface area contributed by atoms with Crippen molar-refractivity contribution in [1.82, 2.24) is 4.98 Å². The lowest BCUT2D eigenvalue weighted by Gasteiger charge is -2.15. The summed E-state index contributed by atoms with van der Waals surface area (Å²) in [6, 6.07) is 6.68. The van der Waals surface area contributed by atoms with Crippen molar-refractivity contribution < 1.29 is 24.0 Å². The van der Waals surface area contributed by atoms with Gasteiger partial charge in [-0.3, -0.25) is 14.9 Å². The normalized spacial score (nSPS) is 11.3. The fraction of sp³-hybridized carbons (Fsp3) is 0.188. The second-order valence-corrected chi connectivity index (χ2v) is 5.38. The van der Waals surface area contributed by atoms with Crippen LogP contribution in [-0.2, 0) is 9.53 Å². The summed E-state index contributed by atoms with van der Waals surface area (Å²) in [4.78, 5) is 38.0. The number of nitrogens with one attached hydrogen (secondary N) is 1. The molecule has 0 radical (unpaired) electrons. The molecule has 0 saturated heterocycles. The average molecular weight is 380 g/mol. The number of nitro benzene ring substituents is 1. The fourth-order valence-corrected chi connectivity index (χ4v) is 2.13. The zero-order chi connectivity index (χ0) is 19.3. The Morgan fingerprint density at radius 3 is 2.69 bits per heavy atom. The molecule has 0 spiro atoms. The molecule has 0 aliphatic heterocycles. The fourth-order valence-electron chi connectivity index (χ4n) is 1.96. The molecule has 136 valence electrons. The highest BCUT2D eigenvalue weighted by molar-refractivity contribution is 6.32. The number of pyridine rings is 1. The van der Waals surface area contributed by atoms with Crippen LogP contribution in [0.4, 0.5) is 11.4 Å². The highest BCUT2D eigenvalue weighted by Gasteiger charge is 2.23. The van der Waals surface area contributed by atoms with E-state index in [1.54, 1.807) is 12.1 Å². The summed E-state index contributed by atoms with van der Waals surface area (Å²) in [6.45, 7) is 1.41. The van der Waals surface area contributed by atoms with Crippen molar-refractivity contribution in [2.45, 2.75) is 13.0 Å². The van der Waals surface area contributed by atoms with Crippen LogP contribution >= 0.6 is 11.6 Å². The van der Waals surface area contributed by atoms with E-state index in [1.165, 1.54) is 25.3 Å². The van der Waals surface area contributed by atoms with Crippen LogP contribution < -0.4 is 10.1 Å². The number of hydrogen-bond acceptors (Lipinski definition) is 7. The monoisotopic (exact) mass is 379 g/mol. The van der Waals surface area contributed by atoms with Crippen LogP contribution in [0.25, 0.3) is 0 Å². The van der Waals surface area contributed by atoms with Crippen LogP contribution in [0.15, 0.2) is 36.5 Å². The van der Waals surface area contributed by atoms with E-state index in [4.69, 9.17) is 16.3 Å². The Labute approximate surface area is 153 Å². The Bertz CT molecular complexity index is 858. The molecule has 9 nitrogen and oxygen atoms in total. The molecular formula is C16H14ClN3O6. The largest absolute Gasteiger partial charge is 0.474 e. The van der Waals surface area contributed by atoms with E-state index in [1.807, 2.05) is 0 Å². The Hall–Kier alpha value is -3.20. The number of amides is 1. The van der Waals surface area contributed by atoms with Crippen LogP contribution in [0.1, 0.15) is 17.3 Å². The van der Waals surface area contributed by atoms with Gasteiger partial charge in [0, 0.05) is 12.3 Å². The Balaban J connectivity index is 2.18. The maximum Gasteiger partial charge on any atom is 0.338 e. The first kappa shape index (κ1) is 19.1. The lowest BCUT2D eigenvalue weighted by molar-refractivity contribution is -0.386. The molecule has 1 atom stereocenters. The van der Waals surface area contributed by atoms with E-state index in [9.17, 15) is 19.7 Å². The number of methoxy groups -OCH3 is 1. The maximum absolute atomic E-state index is 12.2. The van der Waals surface area contributed by atoms with Crippen molar-refractivity contribution in [3.63, 3.8) is 0 Å². The highest BCUT2D eigenvalue weighted by Crippen LogP contribution is 2.29. The predicted molar refractivity (Wildman–Crippen MR) is 92.4 cm³/mol. The Morgan fingerprint density at radius 1 is 1.35 bits per heavy atom. The van der Waals surface area contributed by atoms with Gasteiger partial charge in [0.25, 0.3) is 5.91 Å². The molecule has 1 aromatic heterocycles. The lowest BCUT2D eigenvalue weighted by atomic mass is 10.2. The molecule has 0 unspecified atom stereocenters. The molecule has 0 aliphatic rings. The van der Waals surface area contributed by atoms with Gasteiger partial charge in [-0.05, 0) is 31.2 Å². The molecule has 0 aliphatic carbocycles. The Morgan fingerprint density at radius 2 is 2.08 bits per heavy atom. The maximum atomic E-state index is 12.2. The van der Waals surface area contributed by atoms with Crippen molar-refractivity contribution >= 4 is 34.9 Å². The highest BCUT2D eigenvalue weighted by atomic mass is 35.5. The first-order valence-corrected chi connectivity index (χ1v) is 7.66. The summed E-state index contributed by atoms with van der Waals surface area (Å²) in [5.41, 5.74) is -0.192. The molecule has 10 heteroatoms. The van der Waals surface area contributed by atoms with Crippen molar-refractivity contribution in [2.24, 2.45) is 0 Å². The summed E-state index contributed by atoms with van der Waals surface area (Å²) in [6.07, 6.45) is 0.387. The topological polar surface area (TPSA) is 121 Å². The number of halogens is 1. The number of aromatic nitrogens is 1. The van der Waals surface area contributed by atoms with Gasteiger partial charge in [0.1, 0.15) is 0 Å². The molecule has 1 aromatic carbocycles. The SMILES string of the molecule is COC(=O)c1ccc(O[C@H](C)C(=O)Nc2cccnc2Cl)c([N+](=O)[O-])c1. The first-order chi connectivity index (χ1) is 12.3. The Kier molecular flexibility index (Phi) is 6.07. The van der Waals surface area contributed by atoms with Gasteiger partial charge in [-0.15, -0.1) is 0 Å². The first-order valence-electron chi connectivity index (χ1n) is 7.28. The van der Waals surface area contributed by atoms with E-state index in [-0.39, 0.29) is 22.2 Å². The van der Waals surface area contributed by atoms with Crippen molar-refractivity contribution in [1.29, 1.82) is 0 Å². The molecule has 2 aromatic rings. The van der Waals surface area contributed by atoms with Crippen molar-refractivity contribution in [3.05, 3.63) is 57.4 Å². The number of nitrogens with zero attached hydrogens (tertiary/aromatic N) is 2. The molecule has 0 bridgehead atoms. The summed E-state index contributed by atoms with van der Waals surface area (Å²) >= 11 is 5.86. The van der Waals surface area contributed by atoms with E-state index in [0.29, 0.717) is 0 Å². The molecule has 1 N–H and O–H groups in total. The number of nitro groups is 1. The third-order valence-corrected chi connectivity index (χ3v) is 3.57. The molecule has 1 heterocycles. The van der Waals surface area contributed by atoms with Crippen LogP contribution in [0, 0.1) is 10.1 Å². The zero-order valence-electron chi connectivity index (χ0n) is 13.8. The number of rotatable bonds is 6. The van der Waals surface area contributed by atoms with Gasteiger partial charge in [0.2, 0.25) is 0 Å². The van der Waals surface area contributed by atoms with Gasteiger partial charge >= 0.3 is 11.7 Å². The van der Waals surface area contributed by atoms with Crippen LogP contribution in [0.5, 0.6) is 5.75 Å². The number of benzene rings is 1. The van der Waals surface area contributed by atoms with Gasteiger partial charge in [-0.1, -0.05) is 11.6 Å². The number of carbonyl (C=O) groups excluding carboxylic acids is 2. The zero-order valence-corrected chi connectivity index (χ0v) is 14.5. The summed E-state index contributed by atoms with van der Waals surface area (Å²) < 4.78 is 9.90. The van der Waals surface area contributed by atoms with Gasteiger partial charge in [-0.2, -0.15) is 0 Å². The minimum atomic E-state index is -1.08. The van der Waals surface area contributed by atoms with Gasteiger partial charge in [0.15, 0.2) is 17.0 Å². The van der Waals surface area contributed by atoms with Crippen molar-refractivity contribution in [3.8, 4) is 5.75 Å². The van der Waals surface area contributed by atoms with Gasteiger partial charge in [-0.25, -0.2) is 9.78 Å². The number of hydrogen-bond donors (Lipinski definition) is 1. The second-order valence-electron chi connectivity index (χ2n) is 5.02. The summed E-state index contributed by atoms with van der Waals surface area (Å²) in [7, 11) is 1.16. The van der Waals surface area contributed by atoms with Crippen molar-refractivity contribution in [2.75, 3.05) is 12.4 Å². The lowest BCUT2D eigenvalue weighted by Crippen LogP contribution is -2.30. The molecule has 1 amide bonds. The van der Waals surface area contributed by atoms with E-state index >= 15 is 0 Å². The van der Waals surface area contributed by atoms with Gasteiger partial charge in [0.05, 0.1) is 23.3 Å². The number of anilines is 1. The molecule has 26 heavy (non-hydrogen) atoms. The number of ether oxygens (including phenoxy) is 2. The minimum absolute atomic E-state index is 0.00852. The standard InChI is InChI=1S/C16H14ClN3O6/c1-9(15(21)19-11-4-3-7-18-14(11)17)26-13-6-5-10(16(22)25-2)8-12(13)20(23)24/h3-9H,1-2H3,(H,19,21)/t9-/m1/s1. The average Bonchev–Trinajstić information content (AvgIpc) is 2.62. The molecular weight excluding hydrogens is 366 g/mol. The van der Waals surface area contributed by atoms with Crippen LogP contribution in [-0.4, -0.2) is 35.0 Å². The minimum Gasteiger partial charge on any atom is -0.474 e. The summed E-state index contributed by atoms with van der Waals surface area (Å²) in [5.74, 6) is -1.47. The van der Waals surface area contributed by atoms with Crippen LogP contribution in [0.3, 0.4) is 0 Å². The third-order valence-electron chi connectivity index (χ3n) is 3.27. The molecule has 0 fully saturated rings. The number of carbonyl (C=O) groups is 2. The summed E-state index contributed by atoms with van der Waals surface area (Å²) in [5, 5.41) is 13.8. The predicted octanol–water partition coefficient (Wildman–Crippen LogP) is 2.84. The smallest absolute Gasteiger partial charge is 0.338 e. The number of esters is 1.